The van der Waals surface area contributed by atoms with Gasteiger partial charge < -0.3 is 24.7 Å². The number of alkyl halides is 2. The van der Waals surface area contributed by atoms with Gasteiger partial charge in [-0.2, -0.15) is 0 Å². The first-order chi connectivity index (χ1) is 28.2. The van der Waals surface area contributed by atoms with Crippen LogP contribution in [0.5, 0.6) is 0 Å². The number of rotatable bonds is 12. The van der Waals surface area contributed by atoms with E-state index in [9.17, 15) is 33.1 Å². The molecular weight excluding hydrogens is 787 g/mol. The zero-order chi connectivity index (χ0) is 48.2. The van der Waals surface area contributed by atoms with Crippen molar-refractivity contribution in [3.63, 3.8) is 0 Å². The second-order valence-electron chi connectivity index (χ2n) is 23.4. The summed E-state index contributed by atoms with van der Waals surface area (Å²) in [6.07, 6.45) is 7.69. The van der Waals surface area contributed by atoms with Gasteiger partial charge in [0.2, 0.25) is 23.6 Å². The predicted molar refractivity (Wildman–Crippen MR) is 252 cm³/mol. The van der Waals surface area contributed by atoms with E-state index < -0.39 is 18.0 Å². The first-order valence-electron chi connectivity index (χ1n) is 24.5. The lowest BCUT2D eigenvalue weighted by Gasteiger charge is -2.37. The Morgan fingerprint density at radius 1 is 0.581 bits per heavy atom. The zero-order valence-corrected chi connectivity index (χ0v) is 43.2. The van der Waals surface area contributed by atoms with Crippen LogP contribution in [-0.2, 0) is 19.2 Å². The summed E-state index contributed by atoms with van der Waals surface area (Å²) in [4.78, 5) is 55.4. The molecule has 0 bridgehead atoms. The van der Waals surface area contributed by atoms with Gasteiger partial charge in [-0.1, -0.05) is 125 Å². The van der Waals surface area contributed by atoms with Crippen molar-refractivity contribution >= 4 is 23.6 Å². The van der Waals surface area contributed by atoms with Crippen LogP contribution in [0.4, 0.5) is 8.78 Å². The number of halogens is 2. The highest BCUT2D eigenvalue weighted by atomic mass is 19.3. The molecule has 4 aliphatic heterocycles. The molecule has 0 aromatic rings. The van der Waals surface area contributed by atoms with Crippen molar-refractivity contribution < 1.29 is 33.1 Å². The Balaban J connectivity index is 0.000000414. The van der Waals surface area contributed by atoms with Crippen LogP contribution in [0, 0.1) is 52.8 Å². The number of hydrogen-bond acceptors (Lipinski definition) is 5. The quantitative estimate of drug-likeness (QED) is 0.210. The Labute approximate surface area is 379 Å². The summed E-state index contributed by atoms with van der Waals surface area (Å²) in [5.74, 6) is 0.272. The van der Waals surface area contributed by atoms with Gasteiger partial charge >= 0.3 is 0 Å². The van der Waals surface area contributed by atoms with Gasteiger partial charge in [-0.05, 0) is 87.4 Å². The maximum absolute atomic E-state index is 13.6. The molecule has 4 fully saturated rings. The van der Waals surface area contributed by atoms with E-state index >= 15 is 0 Å². The molecule has 4 saturated heterocycles. The van der Waals surface area contributed by atoms with E-state index in [0.29, 0.717) is 66.0 Å². The van der Waals surface area contributed by atoms with Gasteiger partial charge in [0.15, 0.2) is 0 Å². The topological polar surface area (TPSA) is 101 Å². The van der Waals surface area contributed by atoms with Crippen molar-refractivity contribution in [1.82, 2.24) is 19.6 Å². The fourth-order valence-electron chi connectivity index (χ4n) is 10.1. The van der Waals surface area contributed by atoms with Crippen molar-refractivity contribution in [1.29, 1.82) is 0 Å². The van der Waals surface area contributed by atoms with Gasteiger partial charge in [0, 0.05) is 73.4 Å². The van der Waals surface area contributed by atoms with Crippen molar-refractivity contribution in [2.24, 2.45) is 52.8 Å². The lowest BCUT2D eigenvalue weighted by Crippen LogP contribution is -2.47. The number of hydrogen-bond donors (Lipinski definition) is 1. The minimum absolute atomic E-state index is 0.0324. The van der Waals surface area contributed by atoms with Crippen LogP contribution in [0.15, 0.2) is 0 Å². The maximum atomic E-state index is 13.6. The Morgan fingerprint density at radius 2 is 1.02 bits per heavy atom. The highest BCUT2D eigenvalue weighted by molar-refractivity contribution is 5.80. The molecule has 4 aliphatic rings. The molecule has 364 valence electrons. The third-order valence-electron chi connectivity index (χ3n) is 12.4. The summed E-state index contributed by atoms with van der Waals surface area (Å²) in [7, 11) is 0. The molecule has 4 amide bonds. The molecule has 0 aromatic carbocycles. The lowest BCUT2D eigenvalue weighted by molar-refractivity contribution is -0.139. The largest absolute Gasteiger partial charge is 0.391 e. The number of nitrogens with zero attached hydrogens (tertiary/aromatic N) is 4. The first-order valence-corrected chi connectivity index (χ1v) is 24.5. The molecular formula is C51H96F2N4O5. The molecule has 11 heteroatoms. The average molecular weight is 883 g/mol. The molecule has 5 unspecified atom stereocenters. The first kappa shape index (κ1) is 57.7. The third kappa shape index (κ3) is 18.7. The highest BCUT2D eigenvalue weighted by Crippen LogP contribution is 2.43. The Hall–Kier alpha value is -2.30. The van der Waals surface area contributed by atoms with Crippen molar-refractivity contribution in [3.05, 3.63) is 0 Å². The smallest absolute Gasteiger partial charge is 0.267 e. The van der Waals surface area contributed by atoms with Gasteiger partial charge in [0.05, 0.1) is 12.6 Å². The van der Waals surface area contributed by atoms with Gasteiger partial charge in [0.25, 0.3) is 5.92 Å². The van der Waals surface area contributed by atoms with E-state index in [0.717, 1.165) is 38.8 Å². The third-order valence-corrected chi connectivity index (χ3v) is 12.4. The van der Waals surface area contributed by atoms with Gasteiger partial charge in [0.1, 0.15) is 0 Å². The summed E-state index contributed by atoms with van der Waals surface area (Å²) in [5.41, 5.74) is -0.400. The van der Waals surface area contributed by atoms with Crippen LogP contribution in [0.2, 0.25) is 0 Å². The molecule has 62 heavy (non-hydrogen) atoms. The molecule has 0 radical (unpaired) electrons. The van der Waals surface area contributed by atoms with Gasteiger partial charge in [-0.3, -0.25) is 19.2 Å². The Morgan fingerprint density at radius 3 is 1.47 bits per heavy atom. The fourth-order valence-corrected chi connectivity index (χ4v) is 10.1. The zero-order valence-electron chi connectivity index (χ0n) is 43.2. The lowest BCUT2D eigenvalue weighted by atomic mass is 9.87. The van der Waals surface area contributed by atoms with Crippen molar-refractivity contribution in [2.45, 2.75) is 225 Å². The van der Waals surface area contributed by atoms with E-state index in [2.05, 4.69) is 65.2 Å². The number of likely N-dealkylation sites (tertiary alicyclic amines) is 4. The van der Waals surface area contributed by atoms with E-state index in [1.54, 1.807) is 20.8 Å². The van der Waals surface area contributed by atoms with Gasteiger partial charge in [-0.15, -0.1) is 0 Å². The van der Waals surface area contributed by atoms with Crippen molar-refractivity contribution in [2.75, 3.05) is 26.2 Å². The minimum Gasteiger partial charge on any atom is -0.391 e. The SMILES string of the molecule is CC(C)CC1(C)CC(F)(F)CN1C(=O)C(C)C.CC(C)CC1CC(C)(C)CN1C(=O)C(C)C.CC(C)CC1CC(O)CN1C(=O)C(C)C.CC(C)CC1CCCN1C(=O)C(C)C. The van der Waals surface area contributed by atoms with Crippen LogP contribution in [0.3, 0.4) is 0 Å². The molecule has 4 heterocycles. The Bertz CT molecular complexity index is 1400. The average Bonchev–Trinajstić information content (AvgIpc) is 3.85. The number of β-amino-alcohol motifs (C(OH)–C–C–N with tert-alkyl or cyclic N) is 1. The monoisotopic (exact) mass is 883 g/mol. The van der Waals surface area contributed by atoms with Crippen LogP contribution in [0.25, 0.3) is 0 Å². The van der Waals surface area contributed by atoms with E-state index in [-0.39, 0.29) is 54.1 Å². The van der Waals surface area contributed by atoms with Gasteiger partial charge in [-0.25, -0.2) is 8.78 Å². The molecule has 9 nitrogen and oxygen atoms in total. The molecule has 0 aliphatic carbocycles. The Kier molecular flexibility index (Phi) is 23.1. The number of aliphatic hydroxyl groups is 1. The second kappa shape index (κ2) is 24.8. The number of aliphatic hydroxyl groups excluding tert-OH is 1. The molecule has 4 rings (SSSR count). The van der Waals surface area contributed by atoms with Crippen molar-refractivity contribution in [3.8, 4) is 0 Å². The van der Waals surface area contributed by atoms with E-state index in [1.165, 1.54) is 24.2 Å². The van der Waals surface area contributed by atoms with Crippen LogP contribution < -0.4 is 0 Å². The molecule has 1 N–H and O–H groups in total. The molecule has 0 aromatic heterocycles. The standard InChI is InChI=1S/C14H27NO.C13H23F2NO.C12H23NO2.C12H23NO/c1-10(2)7-12-8-14(5,6)9-15(12)13(16)11(3)4;1-9(2)6-12(5)7-13(14,15)8-16(12)11(17)10(3)4;1-8(2)5-10-6-11(14)7-13(10)12(15)9(3)4;1-9(2)8-11-6-5-7-13(11)12(14)10(3)4/h10-12H,7-9H2,1-6H3;9-10H,6-8H2,1-5H3;8-11,14H,5-7H2,1-4H3;9-11H,5-8H2,1-4H3. The molecule has 0 saturated carbocycles. The number of carbonyl (C=O) groups excluding carboxylic acids is 4. The van der Waals surface area contributed by atoms with E-state index in [1.807, 2.05) is 60.3 Å². The van der Waals surface area contributed by atoms with E-state index in [4.69, 9.17) is 0 Å². The van der Waals surface area contributed by atoms with Crippen LogP contribution >= 0.6 is 0 Å². The maximum Gasteiger partial charge on any atom is 0.267 e. The molecule has 5 atom stereocenters. The normalized spacial score (nSPS) is 25.6. The summed E-state index contributed by atoms with van der Waals surface area (Å²) >= 11 is 0. The summed E-state index contributed by atoms with van der Waals surface area (Å²) in [5, 5.41) is 9.62. The van der Waals surface area contributed by atoms with Crippen LogP contribution in [-0.4, -0.2) is 110 Å². The molecule has 0 spiro atoms. The minimum atomic E-state index is -2.74. The highest BCUT2D eigenvalue weighted by Gasteiger charge is 2.54. The predicted octanol–water partition coefficient (Wildman–Crippen LogP) is 11.0. The fraction of sp³-hybridized carbons (Fsp3) is 0.922. The summed E-state index contributed by atoms with van der Waals surface area (Å²) in [6.45, 7) is 40.9. The number of amides is 4. The van der Waals surface area contributed by atoms with Crippen LogP contribution in [0.1, 0.15) is 189 Å². The summed E-state index contributed by atoms with van der Waals surface area (Å²) in [6, 6.07) is 1.23. The summed E-state index contributed by atoms with van der Waals surface area (Å²) < 4.78 is 27.1. The second-order valence-corrected chi connectivity index (χ2v) is 23.4. The number of carbonyl (C=O) groups is 4.